The molecule has 0 heterocycles. The minimum absolute atomic E-state index is 0.248. The van der Waals surface area contributed by atoms with Gasteiger partial charge in [0.25, 0.3) is 0 Å². The largest absolute Gasteiger partial charge is 0.494 e. The van der Waals surface area contributed by atoms with Crippen LogP contribution in [0.15, 0.2) is 42.5 Å². The topological polar surface area (TPSA) is 30.5 Å². The van der Waals surface area contributed by atoms with Gasteiger partial charge in [0.1, 0.15) is 0 Å². The van der Waals surface area contributed by atoms with E-state index in [2.05, 4.69) is 11.4 Å². The van der Waals surface area contributed by atoms with Gasteiger partial charge < -0.3 is 14.8 Å². The summed E-state index contributed by atoms with van der Waals surface area (Å²) in [5.41, 5.74) is 2.96. The molecule has 1 N–H and O–H groups in total. The van der Waals surface area contributed by atoms with E-state index < -0.39 is 0 Å². The van der Waals surface area contributed by atoms with Crippen LogP contribution in [0.25, 0.3) is 0 Å². The molecule has 20 heavy (non-hydrogen) atoms. The summed E-state index contributed by atoms with van der Waals surface area (Å²) in [6.07, 6.45) is 0. The van der Waals surface area contributed by atoms with Crippen molar-refractivity contribution in [1.82, 2.24) is 0 Å². The van der Waals surface area contributed by atoms with Crippen molar-refractivity contribution in [3.8, 4) is 5.75 Å². The maximum atomic E-state index is 13.6. The second kappa shape index (κ2) is 6.91. The zero-order chi connectivity index (χ0) is 14.4. The number of rotatable bonds is 6. The third kappa shape index (κ3) is 3.71. The number of nitrogens with one attached hydrogen (secondary N) is 1. The third-order valence-electron chi connectivity index (χ3n) is 2.95. The summed E-state index contributed by atoms with van der Waals surface area (Å²) in [4.78, 5) is 0. The molecular weight excluding hydrogens is 257 g/mol. The number of hydrogen-bond donors (Lipinski definition) is 1. The summed E-state index contributed by atoms with van der Waals surface area (Å²) in [7, 11) is 3.12. The summed E-state index contributed by atoms with van der Waals surface area (Å²) < 4.78 is 23.6. The van der Waals surface area contributed by atoms with Crippen LogP contribution in [0.4, 0.5) is 10.1 Å². The lowest BCUT2D eigenvalue weighted by molar-refractivity contribution is 0.185. The average Bonchev–Trinajstić information content (AvgIpc) is 2.46. The number of anilines is 1. The second-order valence-electron chi connectivity index (χ2n) is 4.46. The fourth-order valence-corrected chi connectivity index (χ4v) is 1.98. The number of methoxy groups -OCH3 is 2. The summed E-state index contributed by atoms with van der Waals surface area (Å²) in [5, 5.41) is 3.19. The number of benzene rings is 2. The van der Waals surface area contributed by atoms with Crippen molar-refractivity contribution in [2.24, 2.45) is 0 Å². The molecule has 0 bridgehead atoms. The summed E-state index contributed by atoms with van der Waals surface area (Å²) >= 11 is 0. The van der Waals surface area contributed by atoms with Crippen LogP contribution in [0.1, 0.15) is 11.1 Å². The first-order chi connectivity index (χ1) is 9.72. The summed E-state index contributed by atoms with van der Waals surface area (Å²) in [6.45, 7) is 1.22. The van der Waals surface area contributed by atoms with E-state index in [1.807, 2.05) is 18.2 Å². The normalized spacial score (nSPS) is 10.3. The Morgan fingerprint density at radius 2 is 1.85 bits per heavy atom. The molecule has 0 unspecified atom stereocenters. The van der Waals surface area contributed by atoms with E-state index in [0.717, 1.165) is 16.8 Å². The molecule has 0 aliphatic carbocycles. The van der Waals surface area contributed by atoms with E-state index in [4.69, 9.17) is 9.47 Å². The Hall–Kier alpha value is -2.07. The molecule has 2 aromatic carbocycles. The molecule has 0 radical (unpaired) electrons. The molecule has 3 nitrogen and oxygen atoms in total. The van der Waals surface area contributed by atoms with Crippen LogP contribution >= 0.6 is 0 Å². The van der Waals surface area contributed by atoms with E-state index in [-0.39, 0.29) is 11.6 Å². The van der Waals surface area contributed by atoms with Crippen molar-refractivity contribution < 1.29 is 13.9 Å². The maximum Gasteiger partial charge on any atom is 0.167 e. The van der Waals surface area contributed by atoms with Gasteiger partial charge in [0.2, 0.25) is 0 Å². The van der Waals surface area contributed by atoms with Gasteiger partial charge in [-0.25, -0.2) is 4.39 Å². The smallest absolute Gasteiger partial charge is 0.167 e. The highest BCUT2D eigenvalue weighted by atomic mass is 19.1. The molecule has 106 valence electrons. The molecule has 2 aromatic rings. The van der Waals surface area contributed by atoms with E-state index in [0.29, 0.717) is 13.2 Å². The first-order valence-corrected chi connectivity index (χ1v) is 6.37. The molecule has 0 aliphatic rings. The molecule has 4 heteroatoms. The van der Waals surface area contributed by atoms with Gasteiger partial charge in [-0.15, -0.1) is 0 Å². The van der Waals surface area contributed by atoms with Gasteiger partial charge >= 0.3 is 0 Å². The molecule has 0 saturated heterocycles. The molecule has 0 fully saturated rings. The number of halogens is 1. The quantitative estimate of drug-likeness (QED) is 0.874. The van der Waals surface area contributed by atoms with Crippen molar-refractivity contribution in [1.29, 1.82) is 0 Å². The number of hydrogen-bond acceptors (Lipinski definition) is 3. The molecule has 0 aromatic heterocycles. The Morgan fingerprint density at radius 3 is 2.55 bits per heavy atom. The van der Waals surface area contributed by atoms with Crippen LogP contribution in [0.2, 0.25) is 0 Å². The highest BCUT2D eigenvalue weighted by Gasteiger charge is 2.03. The van der Waals surface area contributed by atoms with Gasteiger partial charge in [-0.3, -0.25) is 0 Å². The Morgan fingerprint density at radius 1 is 1.05 bits per heavy atom. The van der Waals surface area contributed by atoms with Crippen LogP contribution in [0.5, 0.6) is 5.75 Å². The van der Waals surface area contributed by atoms with E-state index >= 15 is 0 Å². The molecule has 2 rings (SSSR count). The van der Waals surface area contributed by atoms with E-state index in [1.165, 1.54) is 13.2 Å². The van der Waals surface area contributed by atoms with Crippen molar-refractivity contribution in [3.63, 3.8) is 0 Å². The van der Waals surface area contributed by atoms with Crippen molar-refractivity contribution in [2.45, 2.75) is 13.2 Å². The zero-order valence-corrected chi connectivity index (χ0v) is 11.7. The van der Waals surface area contributed by atoms with Gasteiger partial charge in [-0.1, -0.05) is 24.3 Å². The fraction of sp³-hybridized carbons (Fsp3) is 0.250. The highest BCUT2D eigenvalue weighted by Crippen LogP contribution is 2.21. The van der Waals surface area contributed by atoms with Gasteiger partial charge in [0, 0.05) is 25.4 Å². The standard InChI is InChI=1S/C16H18FNO2/c1-19-11-13-5-3-4-12(8-13)10-18-14-6-7-16(20-2)15(17)9-14/h3-9,18H,10-11H2,1-2H3. The van der Waals surface area contributed by atoms with Gasteiger partial charge in [0.05, 0.1) is 13.7 Å². The van der Waals surface area contributed by atoms with Crippen LogP contribution < -0.4 is 10.1 Å². The monoisotopic (exact) mass is 275 g/mol. The predicted molar refractivity (Wildman–Crippen MR) is 77.4 cm³/mol. The van der Waals surface area contributed by atoms with Crippen LogP contribution in [-0.2, 0) is 17.9 Å². The third-order valence-corrected chi connectivity index (χ3v) is 2.95. The lowest BCUT2D eigenvalue weighted by Gasteiger charge is -2.09. The molecule has 0 saturated carbocycles. The van der Waals surface area contributed by atoms with Crippen molar-refractivity contribution >= 4 is 5.69 Å². The van der Waals surface area contributed by atoms with Crippen molar-refractivity contribution in [3.05, 3.63) is 59.4 Å². The number of ether oxygens (including phenoxy) is 2. The lowest BCUT2D eigenvalue weighted by Crippen LogP contribution is -2.01. The molecular formula is C16H18FNO2. The Bertz CT molecular complexity index is 572. The fourth-order valence-electron chi connectivity index (χ4n) is 1.98. The lowest BCUT2D eigenvalue weighted by atomic mass is 10.1. The van der Waals surface area contributed by atoms with Crippen LogP contribution in [0.3, 0.4) is 0 Å². The SMILES string of the molecule is COCc1cccc(CNc2ccc(OC)c(F)c2)c1. The van der Waals surface area contributed by atoms with Gasteiger partial charge in [-0.2, -0.15) is 0 Å². The first-order valence-electron chi connectivity index (χ1n) is 6.37. The molecule has 0 aliphatic heterocycles. The Labute approximate surface area is 118 Å². The van der Waals surface area contributed by atoms with Gasteiger partial charge in [-0.05, 0) is 23.3 Å². The summed E-state index contributed by atoms with van der Waals surface area (Å²) in [6, 6.07) is 12.9. The first kappa shape index (κ1) is 14.3. The van der Waals surface area contributed by atoms with Gasteiger partial charge in [0.15, 0.2) is 11.6 Å². The molecule has 0 atom stereocenters. The predicted octanol–water partition coefficient (Wildman–Crippen LogP) is 3.59. The summed E-state index contributed by atoms with van der Waals surface area (Å²) in [5.74, 6) is -0.122. The molecule has 0 amide bonds. The minimum Gasteiger partial charge on any atom is -0.494 e. The Balaban J connectivity index is 2.01. The Kier molecular flexibility index (Phi) is 4.96. The average molecular weight is 275 g/mol. The zero-order valence-electron chi connectivity index (χ0n) is 11.7. The van der Waals surface area contributed by atoms with E-state index in [9.17, 15) is 4.39 Å². The maximum absolute atomic E-state index is 13.6. The molecule has 0 spiro atoms. The van der Waals surface area contributed by atoms with Crippen LogP contribution in [-0.4, -0.2) is 14.2 Å². The van der Waals surface area contributed by atoms with Crippen molar-refractivity contribution in [2.75, 3.05) is 19.5 Å². The van der Waals surface area contributed by atoms with Crippen LogP contribution in [0, 0.1) is 5.82 Å². The highest BCUT2D eigenvalue weighted by molar-refractivity contribution is 5.47. The van der Waals surface area contributed by atoms with E-state index in [1.54, 1.807) is 19.2 Å². The minimum atomic E-state index is -0.370. The second-order valence-corrected chi connectivity index (χ2v) is 4.46.